The number of anilines is 1. The zero-order valence-electron chi connectivity index (χ0n) is 15.1. The number of rotatable bonds is 8. The molecule has 0 saturated heterocycles. The molecule has 0 aliphatic rings. The van der Waals surface area contributed by atoms with Crippen molar-refractivity contribution >= 4 is 29.1 Å². The minimum absolute atomic E-state index is 0.0827. The molecule has 0 unspecified atom stereocenters. The van der Waals surface area contributed by atoms with Crippen LogP contribution in [0.1, 0.15) is 22.8 Å². The molecule has 0 saturated carbocycles. The predicted octanol–water partition coefficient (Wildman–Crippen LogP) is 3.02. The number of halogens is 1. The Kier molecular flexibility index (Phi) is 7.48. The van der Waals surface area contributed by atoms with E-state index in [0.717, 1.165) is 12.2 Å². The minimum Gasteiger partial charge on any atom is -0.370 e. The van der Waals surface area contributed by atoms with E-state index >= 15 is 0 Å². The molecule has 26 heavy (non-hydrogen) atoms. The molecule has 5 nitrogen and oxygen atoms in total. The minimum atomic E-state index is -0.360. The number of likely N-dealkylation sites (N-methyl/N-ethyl adjacent to an activating group) is 1. The summed E-state index contributed by atoms with van der Waals surface area (Å²) in [5.41, 5.74) is 2.69. The van der Waals surface area contributed by atoms with E-state index in [9.17, 15) is 9.59 Å². The third kappa shape index (κ3) is 5.77. The Bertz CT molecular complexity index is 764. The first-order valence-corrected chi connectivity index (χ1v) is 9.00. The number of nitrogens with zero attached hydrogens (tertiary/aromatic N) is 1. The number of amides is 2. The second kappa shape index (κ2) is 9.82. The van der Waals surface area contributed by atoms with E-state index in [2.05, 4.69) is 47.6 Å². The fourth-order valence-corrected chi connectivity index (χ4v) is 2.81. The van der Waals surface area contributed by atoms with E-state index < -0.39 is 0 Å². The van der Waals surface area contributed by atoms with Gasteiger partial charge in [-0.3, -0.25) is 9.59 Å². The van der Waals surface area contributed by atoms with Crippen molar-refractivity contribution in [3.8, 4) is 0 Å². The van der Waals surface area contributed by atoms with Gasteiger partial charge in [0.15, 0.2) is 0 Å². The van der Waals surface area contributed by atoms with Gasteiger partial charge in [0.25, 0.3) is 5.91 Å². The van der Waals surface area contributed by atoms with Crippen molar-refractivity contribution in [2.24, 2.45) is 0 Å². The van der Waals surface area contributed by atoms with Crippen LogP contribution in [0.4, 0.5) is 5.69 Å². The summed E-state index contributed by atoms with van der Waals surface area (Å²) in [6, 6.07) is 15.0. The van der Waals surface area contributed by atoms with Gasteiger partial charge in [-0.2, -0.15) is 0 Å². The molecule has 0 heterocycles. The normalized spacial score (nSPS) is 10.3. The number of carbonyl (C=O) groups is 2. The molecule has 0 bridgehead atoms. The van der Waals surface area contributed by atoms with Crippen molar-refractivity contribution in [2.75, 3.05) is 31.1 Å². The lowest BCUT2D eigenvalue weighted by Gasteiger charge is -2.23. The van der Waals surface area contributed by atoms with Crippen molar-refractivity contribution in [3.05, 3.63) is 64.7 Å². The molecule has 2 N–H and O–H groups in total. The van der Waals surface area contributed by atoms with Gasteiger partial charge in [-0.15, -0.1) is 0 Å². The fraction of sp³-hybridized carbons (Fsp3) is 0.300. The standard InChI is InChI=1S/C20H24ClN3O2/c1-3-24(16-8-6-7-15(2)13-16)12-11-22-19(25)14-23-20(26)17-9-4-5-10-18(17)21/h4-10,13H,3,11-12,14H2,1-2H3,(H,22,25)(H,23,26). The number of hydrogen-bond donors (Lipinski definition) is 2. The van der Waals surface area contributed by atoms with Crippen LogP contribution < -0.4 is 15.5 Å². The van der Waals surface area contributed by atoms with Crippen molar-refractivity contribution in [3.63, 3.8) is 0 Å². The molecular weight excluding hydrogens is 350 g/mol. The summed E-state index contributed by atoms with van der Waals surface area (Å²) in [6.07, 6.45) is 0. The first-order valence-electron chi connectivity index (χ1n) is 8.62. The highest BCUT2D eigenvalue weighted by atomic mass is 35.5. The van der Waals surface area contributed by atoms with E-state index in [1.807, 2.05) is 6.07 Å². The lowest BCUT2D eigenvalue weighted by atomic mass is 10.2. The van der Waals surface area contributed by atoms with Gasteiger partial charge in [0.05, 0.1) is 17.1 Å². The summed E-state index contributed by atoms with van der Waals surface area (Å²) in [5.74, 6) is -0.591. The summed E-state index contributed by atoms with van der Waals surface area (Å²) in [7, 11) is 0. The van der Waals surface area contributed by atoms with E-state index in [-0.39, 0.29) is 18.4 Å². The summed E-state index contributed by atoms with van der Waals surface area (Å²) in [4.78, 5) is 26.2. The van der Waals surface area contributed by atoms with Gasteiger partial charge >= 0.3 is 0 Å². The molecular formula is C20H24ClN3O2. The lowest BCUT2D eigenvalue weighted by molar-refractivity contribution is -0.120. The van der Waals surface area contributed by atoms with E-state index in [1.165, 1.54) is 5.56 Å². The van der Waals surface area contributed by atoms with Crippen LogP contribution >= 0.6 is 11.6 Å². The average Bonchev–Trinajstić information content (AvgIpc) is 2.63. The Labute approximate surface area is 159 Å². The van der Waals surface area contributed by atoms with Gasteiger partial charge in [0, 0.05) is 25.3 Å². The number of benzene rings is 2. The van der Waals surface area contributed by atoms with Crippen molar-refractivity contribution in [2.45, 2.75) is 13.8 Å². The van der Waals surface area contributed by atoms with Crippen LogP contribution in [0.3, 0.4) is 0 Å². The number of aryl methyl sites for hydroxylation is 1. The smallest absolute Gasteiger partial charge is 0.253 e. The Balaban J connectivity index is 1.76. The maximum absolute atomic E-state index is 12.0. The fourth-order valence-electron chi connectivity index (χ4n) is 2.59. The van der Waals surface area contributed by atoms with Gasteiger partial charge in [0.1, 0.15) is 0 Å². The summed E-state index contributed by atoms with van der Waals surface area (Å²) < 4.78 is 0. The van der Waals surface area contributed by atoms with Crippen LogP contribution in [0.25, 0.3) is 0 Å². The lowest BCUT2D eigenvalue weighted by Crippen LogP contribution is -2.40. The Morgan fingerprint density at radius 3 is 2.54 bits per heavy atom. The van der Waals surface area contributed by atoms with Gasteiger partial charge in [0.2, 0.25) is 5.91 Å². The maximum Gasteiger partial charge on any atom is 0.253 e. The van der Waals surface area contributed by atoms with Crippen LogP contribution in [0, 0.1) is 6.92 Å². The predicted molar refractivity (Wildman–Crippen MR) is 106 cm³/mol. The third-order valence-electron chi connectivity index (χ3n) is 3.98. The van der Waals surface area contributed by atoms with E-state index in [1.54, 1.807) is 24.3 Å². The average molecular weight is 374 g/mol. The Hall–Kier alpha value is -2.53. The zero-order chi connectivity index (χ0) is 18.9. The number of nitrogens with one attached hydrogen (secondary N) is 2. The van der Waals surface area contributed by atoms with E-state index in [0.29, 0.717) is 23.7 Å². The topological polar surface area (TPSA) is 61.4 Å². The van der Waals surface area contributed by atoms with Gasteiger partial charge < -0.3 is 15.5 Å². The van der Waals surface area contributed by atoms with Gasteiger partial charge in [-0.05, 0) is 43.7 Å². The molecule has 0 aromatic heterocycles. The molecule has 6 heteroatoms. The van der Waals surface area contributed by atoms with Crippen LogP contribution in [0.5, 0.6) is 0 Å². The molecule has 0 atom stereocenters. The first kappa shape index (κ1) is 19.8. The highest BCUT2D eigenvalue weighted by Crippen LogP contribution is 2.15. The van der Waals surface area contributed by atoms with Crippen molar-refractivity contribution in [1.82, 2.24) is 10.6 Å². The summed E-state index contributed by atoms with van der Waals surface area (Å²) in [5, 5.41) is 5.77. The molecule has 138 valence electrons. The zero-order valence-corrected chi connectivity index (χ0v) is 15.8. The first-order chi connectivity index (χ1) is 12.5. The largest absolute Gasteiger partial charge is 0.370 e. The van der Waals surface area contributed by atoms with Crippen LogP contribution in [0.15, 0.2) is 48.5 Å². The monoisotopic (exact) mass is 373 g/mol. The quantitative estimate of drug-likeness (QED) is 0.747. The number of carbonyl (C=O) groups excluding carboxylic acids is 2. The Morgan fingerprint density at radius 2 is 1.85 bits per heavy atom. The molecule has 0 aliphatic carbocycles. The third-order valence-corrected chi connectivity index (χ3v) is 4.31. The summed E-state index contributed by atoms with van der Waals surface area (Å²) in [6.45, 7) is 6.10. The molecule has 0 spiro atoms. The molecule has 2 aromatic carbocycles. The molecule has 2 rings (SSSR count). The molecule has 0 aliphatic heterocycles. The number of hydrogen-bond acceptors (Lipinski definition) is 3. The summed E-state index contributed by atoms with van der Waals surface area (Å²) >= 11 is 5.97. The highest BCUT2D eigenvalue weighted by molar-refractivity contribution is 6.33. The SMILES string of the molecule is CCN(CCNC(=O)CNC(=O)c1ccccc1Cl)c1cccc(C)c1. The van der Waals surface area contributed by atoms with Crippen molar-refractivity contribution < 1.29 is 9.59 Å². The van der Waals surface area contributed by atoms with Crippen LogP contribution in [0.2, 0.25) is 5.02 Å². The maximum atomic E-state index is 12.0. The second-order valence-electron chi connectivity index (χ2n) is 5.93. The second-order valence-corrected chi connectivity index (χ2v) is 6.34. The van der Waals surface area contributed by atoms with Crippen molar-refractivity contribution in [1.29, 1.82) is 0 Å². The van der Waals surface area contributed by atoms with Crippen LogP contribution in [-0.4, -0.2) is 38.0 Å². The van der Waals surface area contributed by atoms with Gasteiger partial charge in [-0.25, -0.2) is 0 Å². The Morgan fingerprint density at radius 1 is 1.08 bits per heavy atom. The van der Waals surface area contributed by atoms with Gasteiger partial charge in [-0.1, -0.05) is 35.9 Å². The molecule has 2 aromatic rings. The molecule has 2 amide bonds. The highest BCUT2D eigenvalue weighted by Gasteiger charge is 2.11. The van der Waals surface area contributed by atoms with Crippen LogP contribution in [-0.2, 0) is 4.79 Å². The van der Waals surface area contributed by atoms with E-state index in [4.69, 9.17) is 11.6 Å². The molecule has 0 fully saturated rings. The molecule has 0 radical (unpaired) electrons.